The van der Waals surface area contributed by atoms with Crippen LogP contribution in [0.1, 0.15) is 13.8 Å². The summed E-state index contributed by atoms with van der Waals surface area (Å²) in [6.07, 6.45) is 0. The maximum atomic E-state index is 14.2. The molecule has 2 aromatic carbocycles. The van der Waals surface area contributed by atoms with Gasteiger partial charge in [0.15, 0.2) is 0 Å². The number of sulfonamides is 2. The number of nitrogens with zero attached hydrogens (tertiary/aromatic N) is 2. The number of ether oxygens (including phenoxy) is 1. The number of hydrogen-bond donors (Lipinski definition) is 1. The minimum absolute atomic E-state index is 0.0242. The van der Waals surface area contributed by atoms with Gasteiger partial charge in [-0.05, 0) is 30.3 Å². The molecule has 1 heterocycles. The average molecular weight is 490 g/mol. The lowest BCUT2D eigenvalue weighted by molar-refractivity contribution is 0.123. The van der Waals surface area contributed by atoms with Gasteiger partial charge in [0.05, 0.1) is 29.5 Å². The van der Waals surface area contributed by atoms with Crippen molar-refractivity contribution in [3.8, 4) is 0 Å². The standard InChI is InChI=1S/C20H25F2N3O5S2/c1-3-25(4-2)32(28,29)16-6-7-19(24-9-11-30-12-10-24)18(14-16)23-31(26,27)20-8-5-15(21)13-17(20)22/h5-8,13-14,23H,3-4,9-12H2,1-2H3. The normalized spacial score (nSPS) is 15.2. The Morgan fingerprint density at radius 2 is 1.66 bits per heavy atom. The summed E-state index contributed by atoms with van der Waals surface area (Å²) in [6.45, 7) is 5.63. The van der Waals surface area contributed by atoms with Crippen molar-refractivity contribution < 1.29 is 30.4 Å². The van der Waals surface area contributed by atoms with Gasteiger partial charge in [-0.25, -0.2) is 25.6 Å². The molecule has 0 atom stereocenters. The van der Waals surface area contributed by atoms with Crippen molar-refractivity contribution in [3.63, 3.8) is 0 Å². The lowest BCUT2D eigenvalue weighted by Gasteiger charge is -2.31. The number of benzene rings is 2. The van der Waals surface area contributed by atoms with Gasteiger partial charge >= 0.3 is 0 Å². The zero-order valence-corrected chi connectivity index (χ0v) is 19.3. The highest BCUT2D eigenvalue weighted by molar-refractivity contribution is 7.92. The first-order chi connectivity index (χ1) is 15.1. The molecular weight excluding hydrogens is 464 g/mol. The summed E-state index contributed by atoms with van der Waals surface area (Å²) in [5.74, 6) is -2.17. The third-order valence-corrected chi connectivity index (χ3v) is 8.54. The van der Waals surface area contributed by atoms with E-state index in [-0.39, 0.29) is 23.7 Å². The lowest BCUT2D eigenvalue weighted by atomic mass is 10.2. The van der Waals surface area contributed by atoms with Gasteiger partial charge in [-0.2, -0.15) is 4.31 Å². The van der Waals surface area contributed by atoms with E-state index in [1.165, 1.54) is 22.5 Å². The number of morpholine rings is 1. The Kier molecular flexibility index (Phi) is 7.38. The highest BCUT2D eigenvalue weighted by atomic mass is 32.2. The maximum Gasteiger partial charge on any atom is 0.264 e. The Balaban J connectivity index is 2.10. The second kappa shape index (κ2) is 9.69. The first-order valence-corrected chi connectivity index (χ1v) is 13.0. The molecule has 32 heavy (non-hydrogen) atoms. The molecule has 0 saturated carbocycles. The fourth-order valence-electron chi connectivity index (χ4n) is 3.44. The molecule has 1 aliphatic heterocycles. The van der Waals surface area contributed by atoms with E-state index in [0.717, 1.165) is 12.1 Å². The van der Waals surface area contributed by atoms with E-state index in [1.807, 2.05) is 4.90 Å². The molecule has 1 saturated heterocycles. The summed E-state index contributed by atoms with van der Waals surface area (Å²) in [5.41, 5.74) is 0.404. The Morgan fingerprint density at radius 3 is 2.25 bits per heavy atom. The van der Waals surface area contributed by atoms with Crippen LogP contribution in [0.15, 0.2) is 46.2 Å². The molecule has 8 nitrogen and oxygen atoms in total. The quantitative estimate of drug-likeness (QED) is 0.613. The average Bonchev–Trinajstić information content (AvgIpc) is 2.74. The predicted octanol–water partition coefficient (Wildman–Crippen LogP) is 2.63. The third-order valence-electron chi connectivity index (χ3n) is 5.09. The molecule has 176 valence electrons. The molecule has 0 aromatic heterocycles. The number of rotatable bonds is 8. The van der Waals surface area contributed by atoms with Crippen LogP contribution >= 0.6 is 0 Å². The molecule has 1 fully saturated rings. The summed E-state index contributed by atoms with van der Waals surface area (Å²) >= 11 is 0. The van der Waals surface area contributed by atoms with E-state index in [9.17, 15) is 25.6 Å². The molecule has 0 unspecified atom stereocenters. The largest absolute Gasteiger partial charge is 0.378 e. The molecule has 0 amide bonds. The van der Waals surface area contributed by atoms with Crippen molar-refractivity contribution in [1.29, 1.82) is 0 Å². The molecule has 1 N–H and O–H groups in total. The Morgan fingerprint density at radius 1 is 1.00 bits per heavy atom. The fourth-order valence-corrected chi connectivity index (χ4v) is 6.05. The van der Waals surface area contributed by atoms with Gasteiger partial charge in [0.25, 0.3) is 10.0 Å². The van der Waals surface area contributed by atoms with Crippen molar-refractivity contribution in [1.82, 2.24) is 4.31 Å². The van der Waals surface area contributed by atoms with E-state index in [0.29, 0.717) is 38.1 Å². The van der Waals surface area contributed by atoms with Crippen molar-refractivity contribution in [3.05, 3.63) is 48.0 Å². The fraction of sp³-hybridized carbons (Fsp3) is 0.400. The van der Waals surface area contributed by atoms with Crippen LogP contribution < -0.4 is 9.62 Å². The van der Waals surface area contributed by atoms with E-state index in [1.54, 1.807) is 13.8 Å². The molecule has 1 aliphatic rings. The molecule has 0 aliphatic carbocycles. The molecule has 2 aromatic rings. The van der Waals surface area contributed by atoms with E-state index in [2.05, 4.69) is 4.72 Å². The predicted molar refractivity (Wildman–Crippen MR) is 117 cm³/mol. The molecule has 0 spiro atoms. The van der Waals surface area contributed by atoms with Gasteiger partial charge < -0.3 is 9.64 Å². The van der Waals surface area contributed by atoms with Crippen molar-refractivity contribution >= 4 is 31.4 Å². The van der Waals surface area contributed by atoms with Crippen LogP contribution in [0.4, 0.5) is 20.2 Å². The number of halogens is 2. The van der Waals surface area contributed by atoms with Crippen LogP contribution in [-0.4, -0.2) is 60.5 Å². The van der Waals surface area contributed by atoms with E-state index in [4.69, 9.17) is 4.74 Å². The second-order valence-corrected chi connectivity index (χ2v) is 10.6. The van der Waals surface area contributed by atoms with Crippen LogP contribution in [0.3, 0.4) is 0 Å². The van der Waals surface area contributed by atoms with Crippen LogP contribution in [0.2, 0.25) is 0 Å². The minimum atomic E-state index is -4.47. The lowest BCUT2D eigenvalue weighted by Crippen LogP contribution is -2.37. The van der Waals surface area contributed by atoms with Crippen LogP contribution in [0, 0.1) is 11.6 Å². The van der Waals surface area contributed by atoms with Gasteiger partial charge in [0, 0.05) is 32.2 Å². The van der Waals surface area contributed by atoms with Crippen molar-refractivity contribution in [2.75, 3.05) is 49.0 Å². The molecule has 3 rings (SSSR count). The van der Waals surface area contributed by atoms with Gasteiger partial charge in [-0.1, -0.05) is 13.8 Å². The van der Waals surface area contributed by atoms with E-state index >= 15 is 0 Å². The van der Waals surface area contributed by atoms with Crippen molar-refractivity contribution in [2.24, 2.45) is 0 Å². The van der Waals surface area contributed by atoms with Gasteiger partial charge in [-0.3, -0.25) is 4.72 Å². The number of anilines is 2. The summed E-state index contributed by atoms with van der Waals surface area (Å²) in [5, 5.41) is 0. The monoisotopic (exact) mass is 489 g/mol. The second-order valence-electron chi connectivity index (χ2n) is 7.05. The van der Waals surface area contributed by atoms with E-state index < -0.39 is 36.6 Å². The molecule has 12 heteroatoms. The minimum Gasteiger partial charge on any atom is -0.378 e. The van der Waals surface area contributed by atoms with Crippen LogP contribution in [0.5, 0.6) is 0 Å². The first kappa shape index (κ1) is 24.4. The summed E-state index contributed by atoms with van der Waals surface area (Å²) in [6, 6.07) is 6.27. The highest BCUT2D eigenvalue weighted by Crippen LogP contribution is 2.33. The van der Waals surface area contributed by atoms with Gasteiger partial charge in [0.1, 0.15) is 16.5 Å². The Labute approximate surface area is 186 Å². The molecule has 0 bridgehead atoms. The summed E-state index contributed by atoms with van der Waals surface area (Å²) < 4.78 is 88.0. The highest BCUT2D eigenvalue weighted by Gasteiger charge is 2.27. The summed E-state index contributed by atoms with van der Waals surface area (Å²) in [4.78, 5) is 0.996. The molecular formula is C20H25F2N3O5S2. The zero-order chi connectivity index (χ0) is 23.5. The smallest absolute Gasteiger partial charge is 0.264 e. The molecule has 0 radical (unpaired) electrons. The Hall–Kier alpha value is -2.28. The van der Waals surface area contributed by atoms with Gasteiger partial charge in [-0.15, -0.1) is 0 Å². The summed E-state index contributed by atoms with van der Waals surface area (Å²) in [7, 11) is -8.35. The number of hydrogen-bond acceptors (Lipinski definition) is 6. The van der Waals surface area contributed by atoms with Crippen molar-refractivity contribution in [2.45, 2.75) is 23.6 Å². The van der Waals surface area contributed by atoms with Crippen LogP contribution in [-0.2, 0) is 24.8 Å². The number of nitrogens with one attached hydrogen (secondary N) is 1. The SMILES string of the molecule is CCN(CC)S(=O)(=O)c1ccc(N2CCOCC2)c(NS(=O)(=O)c2ccc(F)cc2F)c1. The zero-order valence-electron chi connectivity index (χ0n) is 17.7. The van der Waals surface area contributed by atoms with Gasteiger partial charge in [0.2, 0.25) is 10.0 Å². The maximum absolute atomic E-state index is 14.2. The topological polar surface area (TPSA) is 96.0 Å². The Bertz CT molecular complexity index is 1180. The first-order valence-electron chi connectivity index (χ1n) is 10.0. The third kappa shape index (κ3) is 5.03. The van der Waals surface area contributed by atoms with Crippen LogP contribution in [0.25, 0.3) is 0 Å².